The standard InChI is InChI=1S/C22H26O11/c23-8-15-17(26)18(27)19(28)22(32-15)33-21-16-11(7-14(25)13(16)5-6-30-21)9-31-20(29)10-1-3-12(24)4-2-10/h1-7,13-19,21-28H,8-9H2/t13-,14+,15+,16+,17+,18-,19+,21-,22-/m0/s1. The molecule has 1 aromatic carbocycles. The van der Waals surface area contributed by atoms with Gasteiger partial charge in [0.15, 0.2) is 6.29 Å². The normalized spacial score (nSPS) is 37.7. The molecule has 180 valence electrons. The van der Waals surface area contributed by atoms with Crippen molar-refractivity contribution in [2.24, 2.45) is 11.8 Å². The molecule has 1 aromatic rings. The molecule has 1 saturated heterocycles. The number of hydrogen-bond acceptors (Lipinski definition) is 11. The van der Waals surface area contributed by atoms with Gasteiger partial charge in [-0.3, -0.25) is 0 Å². The summed E-state index contributed by atoms with van der Waals surface area (Å²) in [5.41, 5.74) is 0.746. The van der Waals surface area contributed by atoms with Crippen LogP contribution >= 0.6 is 0 Å². The van der Waals surface area contributed by atoms with Crippen LogP contribution in [0.3, 0.4) is 0 Å². The predicted octanol–water partition coefficient (Wildman–Crippen LogP) is -1.23. The Morgan fingerprint density at radius 3 is 2.42 bits per heavy atom. The van der Waals surface area contributed by atoms with Gasteiger partial charge in [-0.05, 0) is 35.9 Å². The minimum absolute atomic E-state index is 0.00957. The first-order valence-corrected chi connectivity index (χ1v) is 10.4. The summed E-state index contributed by atoms with van der Waals surface area (Å²) >= 11 is 0. The average molecular weight is 466 g/mol. The molecule has 2 heterocycles. The molecule has 2 aliphatic heterocycles. The molecule has 9 atom stereocenters. The van der Waals surface area contributed by atoms with E-state index in [-0.39, 0.29) is 17.9 Å². The van der Waals surface area contributed by atoms with E-state index in [0.29, 0.717) is 5.57 Å². The van der Waals surface area contributed by atoms with Crippen molar-refractivity contribution in [2.45, 2.75) is 43.1 Å². The number of phenolic OH excluding ortho intramolecular Hbond substituents is 1. The number of aliphatic hydroxyl groups excluding tert-OH is 5. The van der Waals surface area contributed by atoms with E-state index in [1.807, 2.05) is 0 Å². The van der Waals surface area contributed by atoms with Crippen molar-refractivity contribution in [2.75, 3.05) is 13.2 Å². The van der Waals surface area contributed by atoms with E-state index < -0.39 is 67.5 Å². The Bertz CT molecular complexity index is 896. The highest BCUT2D eigenvalue weighted by atomic mass is 16.8. The second-order valence-corrected chi connectivity index (χ2v) is 8.12. The summed E-state index contributed by atoms with van der Waals surface area (Å²) in [6, 6.07) is 5.54. The van der Waals surface area contributed by atoms with Crippen molar-refractivity contribution < 1.29 is 54.4 Å². The highest BCUT2D eigenvalue weighted by molar-refractivity contribution is 5.89. The second-order valence-electron chi connectivity index (χ2n) is 8.12. The highest BCUT2D eigenvalue weighted by Crippen LogP contribution is 2.41. The molecule has 1 aliphatic carbocycles. The second kappa shape index (κ2) is 9.77. The molecule has 1 fully saturated rings. The van der Waals surface area contributed by atoms with Crippen LogP contribution in [-0.2, 0) is 18.9 Å². The van der Waals surface area contributed by atoms with Crippen LogP contribution in [0, 0.1) is 11.8 Å². The van der Waals surface area contributed by atoms with Crippen LogP contribution in [0.2, 0.25) is 0 Å². The lowest BCUT2D eigenvalue weighted by atomic mass is 9.88. The van der Waals surface area contributed by atoms with Gasteiger partial charge in [-0.2, -0.15) is 0 Å². The number of hydrogen-bond donors (Lipinski definition) is 6. The van der Waals surface area contributed by atoms with E-state index in [9.17, 15) is 35.4 Å². The fraction of sp³-hybridized carbons (Fsp3) is 0.500. The Morgan fingerprint density at radius 1 is 1.00 bits per heavy atom. The van der Waals surface area contributed by atoms with Crippen molar-refractivity contribution in [1.82, 2.24) is 0 Å². The Kier molecular flexibility index (Phi) is 7.00. The Morgan fingerprint density at radius 2 is 1.73 bits per heavy atom. The largest absolute Gasteiger partial charge is 0.508 e. The van der Waals surface area contributed by atoms with Crippen molar-refractivity contribution in [1.29, 1.82) is 0 Å². The quantitative estimate of drug-likeness (QED) is 0.219. The third-order valence-electron chi connectivity index (χ3n) is 6.02. The molecular formula is C22H26O11. The number of carbonyl (C=O) groups is 1. The lowest BCUT2D eigenvalue weighted by molar-refractivity contribution is -0.339. The molecule has 11 nitrogen and oxygen atoms in total. The first kappa shape index (κ1) is 23.6. The van der Waals surface area contributed by atoms with Gasteiger partial charge in [0, 0.05) is 5.92 Å². The van der Waals surface area contributed by atoms with Crippen molar-refractivity contribution in [3.05, 3.63) is 53.8 Å². The van der Waals surface area contributed by atoms with E-state index >= 15 is 0 Å². The van der Waals surface area contributed by atoms with E-state index in [2.05, 4.69) is 0 Å². The third-order valence-corrected chi connectivity index (χ3v) is 6.02. The molecule has 0 aromatic heterocycles. The Labute approximate surface area is 188 Å². The number of aliphatic hydroxyl groups is 5. The van der Waals surface area contributed by atoms with Crippen LogP contribution in [0.4, 0.5) is 0 Å². The molecule has 6 N–H and O–H groups in total. The number of carbonyl (C=O) groups excluding carboxylic acids is 1. The maximum Gasteiger partial charge on any atom is 0.338 e. The van der Waals surface area contributed by atoms with E-state index in [4.69, 9.17) is 18.9 Å². The van der Waals surface area contributed by atoms with Crippen LogP contribution < -0.4 is 0 Å². The van der Waals surface area contributed by atoms with Gasteiger partial charge in [0.1, 0.15) is 36.8 Å². The highest BCUT2D eigenvalue weighted by Gasteiger charge is 2.49. The maximum absolute atomic E-state index is 12.3. The molecule has 0 radical (unpaired) electrons. The van der Waals surface area contributed by atoms with Gasteiger partial charge >= 0.3 is 5.97 Å². The number of ether oxygens (including phenoxy) is 4. The fourth-order valence-corrected chi connectivity index (χ4v) is 4.19. The first-order chi connectivity index (χ1) is 15.8. The zero-order chi connectivity index (χ0) is 23.7. The first-order valence-electron chi connectivity index (χ1n) is 10.4. The van der Waals surface area contributed by atoms with Crippen molar-refractivity contribution in [3.8, 4) is 5.75 Å². The van der Waals surface area contributed by atoms with Crippen LogP contribution in [-0.4, -0.2) is 92.9 Å². The zero-order valence-corrected chi connectivity index (χ0v) is 17.4. The molecule has 4 rings (SSSR count). The number of benzene rings is 1. The fourth-order valence-electron chi connectivity index (χ4n) is 4.19. The number of phenols is 1. The Balaban J connectivity index is 1.45. The lowest BCUT2D eigenvalue weighted by Gasteiger charge is -2.42. The number of esters is 1. The minimum Gasteiger partial charge on any atom is -0.508 e. The smallest absolute Gasteiger partial charge is 0.338 e. The van der Waals surface area contributed by atoms with E-state index in [0.717, 1.165) is 0 Å². The van der Waals surface area contributed by atoms with E-state index in [1.165, 1.54) is 36.6 Å². The maximum atomic E-state index is 12.3. The Hall–Kier alpha value is -2.51. The monoisotopic (exact) mass is 466 g/mol. The van der Waals surface area contributed by atoms with Crippen molar-refractivity contribution >= 4 is 5.97 Å². The average Bonchev–Trinajstić information content (AvgIpc) is 3.14. The topological polar surface area (TPSA) is 175 Å². The van der Waals surface area contributed by atoms with Crippen LogP contribution in [0.15, 0.2) is 48.3 Å². The molecule has 0 saturated carbocycles. The third kappa shape index (κ3) is 4.75. The molecule has 0 bridgehead atoms. The molecule has 3 aliphatic rings. The van der Waals surface area contributed by atoms with Gasteiger partial charge in [-0.15, -0.1) is 0 Å². The zero-order valence-electron chi connectivity index (χ0n) is 17.4. The summed E-state index contributed by atoms with van der Waals surface area (Å²) in [7, 11) is 0. The summed E-state index contributed by atoms with van der Waals surface area (Å²) in [6.45, 7) is -0.789. The molecule has 33 heavy (non-hydrogen) atoms. The summed E-state index contributed by atoms with van der Waals surface area (Å²) in [5, 5.41) is 59.4. The number of aromatic hydroxyl groups is 1. The van der Waals surface area contributed by atoms with Gasteiger partial charge in [0.05, 0.1) is 30.5 Å². The molecule has 11 heteroatoms. The summed E-state index contributed by atoms with van der Waals surface area (Å²) < 4.78 is 22.0. The van der Waals surface area contributed by atoms with E-state index in [1.54, 1.807) is 6.08 Å². The van der Waals surface area contributed by atoms with Gasteiger partial charge in [-0.1, -0.05) is 6.08 Å². The summed E-state index contributed by atoms with van der Waals surface area (Å²) in [6.07, 6.45) is -4.86. The SMILES string of the molecule is O=C(OCC1=C[C@@H](O)[C@@H]2C=CO[C@@H](O[C@@H]3O[C@H](CO)[C@@H](O)[C@H](O)[C@H]3O)[C@H]12)c1ccc(O)cc1. The predicted molar refractivity (Wildman–Crippen MR) is 108 cm³/mol. The van der Waals surface area contributed by atoms with Gasteiger partial charge in [0.25, 0.3) is 0 Å². The van der Waals surface area contributed by atoms with Crippen LogP contribution in [0.5, 0.6) is 5.75 Å². The number of fused-ring (bicyclic) bond motifs is 1. The minimum atomic E-state index is -1.62. The van der Waals surface area contributed by atoms with Gasteiger partial charge < -0.3 is 49.6 Å². The number of rotatable bonds is 6. The van der Waals surface area contributed by atoms with Gasteiger partial charge in [0.2, 0.25) is 6.29 Å². The molecule has 0 unspecified atom stereocenters. The lowest BCUT2D eigenvalue weighted by Crippen LogP contribution is -2.60. The van der Waals surface area contributed by atoms with Crippen LogP contribution in [0.25, 0.3) is 0 Å². The molecule has 0 amide bonds. The molecule has 0 spiro atoms. The molecular weight excluding hydrogens is 440 g/mol. The van der Waals surface area contributed by atoms with Gasteiger partial charge in [-0.25, -0.2) is 4.79 Å². The summed E-state index contributed by atoms with van der Waals surface area (Å²) in [5.74, 6) is -1.69. The van der Waals surface area contributed by atoms with Crippen molar-refractivity contribution in [3.63, 3.8) is 0 Å². The van der Waals surface area contributed by atoms with Crippen LogP contribution in [0.1, 0.15) is 10.4 Å². The summed E-state index contributed by atoms with van der Waals surface area (Å²) in [4.78, 5) is 12.3.